The molecule has 0 heterocycles. The van der Waals surface area contributed by atoms with Crippen molar-refractivity contribution >= 4 is 16.0 Å². The van der Waals surface area contributed by atoms with Gasteiger partial charge in [0.2, 0.25) is 10.0 Å². The molecule has 0 rings (SSSR count). The summed E-state index contributed by atoms with van der Waals surface area (Å²) in [7, 11) is -3.81. The van der Waals surface area contributed by atoms with E-state index in [4.69, 9.17) is 10.4 Å². The van der Waals surface area contributed by atoms with Crippen LogP contribution in [0.1, 0.15) is 20.3 Å². The van der Waals surface area contributed by atoms with Crippen LogP contribution >= 0.6 is 0 Å². The van der Waals surface area contributed by atoms with E-state index in [0.29, 0.717) is 0 Å². The van der Waals surface area contributed by atoms with Crippen LogP contribution in [0.3, 0.4) is 0 Å². The molecule has 6 nitrogen and oxygen atoms in total. The molecular weight excluding hydrogens is 220 g/mol. The Labute approximate surface area is 89.0 Å². The van der Waals surface area contributed by atoms with E-state index in [1.54, 1.807) is 13.8 Å². The van der Waals surface area contributed by atoms with E-state index in [-0.39, 0.29) is 12.3 Å². The third kappa shape index (κ3) is 6.04. The lowest BCUT2D eigenvalue weighted by Crippen LogP contribution is -2.42. The van der Waals surface area contributed by atoms with E-state index in [2.05, 4.69) is 0 Å². The molecule has 15 heavy (non-hydrogen) atoms. The molecule has 0 saturated heterocycles. The van der Waals surface area contributed by atoms with Gasteiger partial charge in [0, 0.05) is 0 Å². The average Bonchev–Trinajstić information content (AvgIpc) is 2.00. The number of hydrogen-bond donors (Lipinski definition) is 2. The summed E-state index contributed by atoms with van der Waals surface area (Å²) in [5.41, 5.74) is 0. The summed E-state index contributed by atoms with van der Waals surface area (Å²) in [5.74, 6) is -1.91. The van der Waals surface area contributed by atoms with Crippen LogP contribution in [0.5, 0.6) is 0 Å². The quantitative estimate of drug-likeness (QED) is 0.668. The summed E-state index contributed by atoms with van der Waals surface area (Å²) in [6.07, 6.45) is 0.194. The highest BCUT2D eigenvalue weighted by molar-refractivity contribution is 7.89. The third-order valence-electron chi connectivity index (χ3n) is 1.58. The van der Waals surface area contributed by atoms with Gasteiger partial charge >= 0.3 is 5.97 Å². The van der Waals surface area contributed by atoms with E-state index >= 15 is 0 Å². The van der Waals surface area contributed by atoms with Gasteiger partial charge in [-0.05, 0) is 12.3 Å². The lowest BCUT2D eigenvalue weighted by Gasteiger charge is -2.15. The molecule has 86 valence electrons. The molecular formula is C8H14N2O4S. The van der Waals surface area contributed by atoms with Crippen LogP contribution in [0.4, 0.5) is 0 Å². The normalized spacial score (nSPS) is 13.5. The summed E-state index contributed by atoms with van der Waals surface area (Å²) in [4.78, 5) is 10.7. The average molecular weight is 234 g/mol. The molecule has 0 aliphatic heterocycles. The zero-order valence-electron chi connectivity index (χ0n) is 8.60. The van der Waals surface area contributed by atoms with Crippen LogP contribution in [0.25, 0.3) is 0 Å². The molecule has 0 aromatic heterocycles. The summed E-state index contributed by atoms with van der Waals surface area (Å²) < 4.78 is 24.2. The minimum absolute atomic E-state index is 0.0517. The highest BCUT2D eigenvalue weighted by Crippen LogP contribution is 2.06. The number of carboxylic acids is 1. The van der Waals surface area contributed by atoms with Crippen LogP contribution in [0.2, 0.25) is 0 Å². The monoisotopic (exact) mass is 234 g/mol. The Morgan fingerprint density at radius 2 is 2.07 bits per heavy atom. The third-order valence-corrected chi connectivity index (χ3v) is 2.73. The van der Waals surface area contributed by atoms with Crippen LogP contribution in [0.15, 0.2) is 0 Å². The lowest BCUT2D eigenvalue weighted by molar-refractivity contribution is -0.139. The number of nitriles is 1. The van der Waals surface area contributed by atoms with Gasteiger partial charge in [-0.25, -0.2) is 13.1 Å². The highest BCUT2D eigenvalue weighted by atomic mass is 32.2. The standard InChI is InChI=1S/C8H14N2O4S/c1-6(2)5-7(8(11)12)10-15(13,14)4-3-9/h6-7,10H,4-5H2,1-2H3,(H,11,12)/t7-/m0/s1. The number of hydrogen-bond acceptors (Lipinski definition) is 4. The van der Waals surface area contributed by atoms with Crippen LogP contribution < -0.4 is 4.72 Å². The number of sulfonamides is 1. The van der Waals surface area contributed by atoms with E-state index in [0.717, 1.165) is 0 Å². The van der Waals surface area contributed by atoms with Crippen molar-refractivity contribution in [1.29, 1.82) is 5.26 Å². The molecule has 0 unspecified atom stereocenters. The van der Waals surface area contributed by atoms with Gasteiger partial charge in [-0.1, -0.05) is 13.8 Å². The maximum atomic E-state index is 11.1. The largest absolute Gasteiger partial charge is 0.480 e. The molecule has 0 amide bonds. The SMILES string of the molecule is CC(C)C[C@H](NS(=O)(=O)CC#N)C(=O)O. The van der Waals surface area contributed by atoms with Crippen LogP contribution in [-0.2, 0) is 14.8 Å². The van der Waals surface area contributed by atoms with Gasteiger partial charge in [0.05, 0.1) is 6.07 Å². The molecule has 0 aliphatic rings. The second-order valence-corrected chi connectivity index (χ2v) is 5.31. The van der Waals surface area contributed by atoms with Crippen molar-refractivity contribution in [2.24, 2.45) is 5.92 Å². The van der Waals surface area contributed by atoms with Gasteiger partial charge in [0.15, 0.2) is 5.75 Å². The maximum Gasteiger partial charge on any atom is 0.321 e. The number of carboxylic acid groups (broad SMARTS) is 1. The molecule has 0 bridgehead atoms. The summed E-state index contributed by atoms with van der Waals surface area (Å²) in [6, 6.07) is 0.299. The van der Waals surface area contributed by atoms with Crippen molar-refractivity contribution < 1.29 is 18.3 Å². The molecule has 0 spiro atoms. The van der Waals surface area contributed by atoms with Gasteiger partial charge in [0.1, 0.15) is 6.04 Å². The number of carbonyl (C=O) groups is 1. The second kappa shape index (κ2) is 5.68. The molecule has 0 aliphatic carbocycles. The van der Waals surface area contributed by atoms with Crippen molar-refractivity contribution in [3.05, 3.63) is 0 Å². The van der Waals surface area contributed by atoms with E-state index in [1.165, 1.54) is 6.07 Å². The van der Waals surface area contributed by atoms with Crippen LogP contribution in [-0.4, -0.2) is 31.3 Å². The Bertz CT molecular complexity index is 355. The topological polar surface area (TPSA) is 107 Å². The van der Waals surface area contributed by atoms with Crippen LogP contribution in [0, 0.1) is 17.2 Å². The number of rotatable bonds is 6. The van der Waals surface area contributed by atoms with Crippen molar-refractivity contribution in [3.8, 4) is 6.07 Å². The van der Waals surface area contributed by atoms with E-state index in [1.807, 2.05) is 4.72 Å². The Morgan fingerprint density at radius 3 is 2.40 bits per heavy atom. The minimum atomic E-state index is -3.81. The Hall–Kier alpha value is -1.13. The molecule has 0 fully saturated rings. The fourth-order valence-electron chi connectivity index (χ4n) is 1.01. The molecule has 2 N–H and O–H groups in total. The van der Waals surface area contributed by atoms with Gasteiger partial charge < -0.3 is 5.11 Å². The first-order chi connectivity index (χ1) is 6.78. The van der Waals surface area contributed by atoms with Crippen molar-refractivity contribution in [3.63, 3.8) is 0 Å². The van der Waals surface area contributed by atoms with Crippen molar-refractivity contribution in [1.82, 2.24) is 4.72 Å². The first kappa shape index (κ1) is 13.9. The number of nitrogens with zero attached hydrogens (tertiary/aromatic N) is 1. The first-order valence-electron chi connectivity index (χ1n) is 4.38. The number of aliphatic carboxylic acids is 1. The predicted molar refractivity (Wildman–Crippen MR) is 53.4 cm³/mol. The molecule has 0 aromatic rings. The summed E-state index contributed by atoms with van der Waals surface area (Å²) in [5, 5.41) is 17.0. The zero-order chi connectivity index (χ0) is 12.1. The number of nitrogens with one attached hydrogen (secondary N) is 1. The summed E-state index contributed by atoms with van der Waals surface area (Å²) >= 11 is 0. The fourth-order valence-corrected chi connectivity index (χ4v) is 1.90. The molecule has 1 atom stereocenters. The Morgan fingerprint density at radius 1 is 1.53 bits per heavy atom. The molecule has 7 heteroatoms. The predicted octanol–water partition coefficient (Wildman–Crippen LogP) is -0.0713. The highest BCUT2D eigenvalue weighted by Gasteiger charge is 2.24. The Kier molecular flexibility index (Phi) is 5.25. The first-order valence-corrected chi connectivity index (χ1v) is 6.03. The molecule has 0 radical (unpaired) electrons. The maximum absolute atomic E-state index is 11.1. The summed E-state index contributed by atoms with van der Waals surface area (Å²) in [6.45, 7) is 3.57. The lowest BCUT2D eigenvalue weighted by atomic mass is 10.1. The van der Waals surface area contributed by atoms with Gasteiger partial charge in [-0.2, -0.15) is 5.26 Å². The molecule has 0 saturated carbocycles. The fraction of sp³-hybridized carbons (Fsp3) is 0.750. The van der Waals surface area contributed by atoms with Crippen molar-refractivity contribution in [2.75, 3.05) is 5.75 Å². The molecule has 0 aromatic carbocycles. The minimum Gasteiger partial charge on any atom is -0.480 e. The van der Waals surface area contributed by atoms with Gasteiger partial charge in [0.25, 0.3) is 0 Å². The van der Waals surface area contributed by atoms with Crippen molar-refractivity contribution in [2.45, 2.75) is 26.3 Å². The smallest absolute Gasteiger partial charge is 0.321 e. The Balaban J connectivity index is 4.57. The zero-order valence-corrected chi connectivity index (χ0v) is 9.41. The second-order valence-electron chi connectivity index (χ2n) is 3.56. The van der Waals surface area contributed by atoms with E-state index < -0.39 is 27.8 Å². The van der Waals surface area contributed by atoms with Gasteiger partial charge in [-0.15, -0.1) is 0 Å². The van der Waals surface area contributed by atoms with Gasteiger partial charge in [-0.3, -0.25) is 4.79 Å². The van der Waals surface area contributed by atoms with E-state index in [9.17, 15) is 13.2 Å².